The van der Waals surface area contributed by atoms with E-state index in [1.165, 1.54) is 0 Å². The fourth-order valence-corrected chi connectivity index (χ4v) is 6.86. The van der Waals surface area contributed by atoms with Crippen molar-refractivity contribution in [3.8, 4) is 0 Å². The van der Waals surface area contributed by atoms with Crippen LogP contribution in [0.5, 0.6) is 0 Å². The highest BCUT2D eigenvalue weighted by Gasteiger charge is 2.32. The van der Waals surface area contributed by atoms with Crippen LogP contribution in [0.2, 0.25) is 0 Å². The number of nitrogens with zero attached hydrogens (tertiary/aromatic N) is 1. The molecule has 4 rings (SSSR count). The highest BCUT2D eigenvalue weighted by Crippen LogP contribution is 2.26. The Kier molecular flexibility index (Phi) is 18.2. The lowest BCUT2D eigenvalue weighted by molar-refractivity contribution is -0.150. The van der Waals surface area contributed by atoms with Crippen molar-refractivity contribution >= 4 is 23.9 Å². The van der Waals surface area contributed by atoms with Crippen LogP contribution < -0.4 is 10.6 Å². The number of rotatable bonds is 23. The number of esters is 1. The fraction of sp³-hybridized carbons (Fsp3) is 0.422. The molecule has 0 saturated heterocycles. The van der Waals surface area contributed by atoms with Crippen molar-refractivity contribution in [2.75, 3.05) is 19.8 Å². The molecule has 0 radical (unpaired) electrons. The minimum absolute atomic E-state index is 0.0336. The Labute approximate surface area is 326 Å². The maximum absolute atomic E-state index is 13.9. The Bertz CT molecular complexity index is 1670. The molecule has 0 unspecified atom stereocenters. The van der Waals surface area contributed by atoms with E-state index in [9.17, 15) is 24.3 Å². The van der Waals surface area contributed by atoms with Gasteiger partial charge in [-0.15, -0.1) is 13.2 Å². The number of benzene rings is 3. The first kappa shape index (κ1) is 42.5. The average molecular weight is 752 g/mol. The lowest BCUT2D eigenvalue weighted by Crippen LogP contribution is -2.48. The molecule has 10 nitrogen and oxygen atoms in total. The van der Waals surface area contributed by atoms with E-state index in [-0.39, 0.29) is 62.4 Å². The third kappa shape index (κ3) is 14.5. The van der Waals surface area contributed by atoms with Crippen LogP contribution in [0.15, 0.2) is 110 Å². The lowest BCUT2D eigenvalue weighted by atomic mass is 9.92. The zero-order valence-electron chi connectivity index (χ0n) is 31.9. The largest absolute Gasteiger partial charge is 0.463 e. The van der Waals surface area contributed by atoms with Crippen LogP contribution in [0.4, 0.5) is 4.79 Å². The van der Waals surface area contributed by atoms with Gasteiger partial charge in [0.1, 0.15) is 13.2 Å². The lowest BCUT2D eigenvalue weighted by Gasteiger charge is -2.36. The van der Waals surface area contributed by atoms with Gasteiger partial charge >= 0.3 is 12.1 Å². The first-order valence-corrected chi connectivity index (χ1v) is 19.5. The molecule has 3 aromatic rings. The van der Waals surface area contributed by atoms with Crippen LogP contribution in [-0.4, -0.2) is 65.7 Å². The Hall–Kier alpha value is -5.22. The predicted octanol–water partition coefficient (Wildman–Crippen LogP) is 6.85. The molecule has 55 heavy (non-hydrogen) atoms. The van der Waals surface area contributed by atoms with Gasteiger partial charge in [-0.05, 0) is 80.0 Å². The number of hydrogen-bond acceptors (Lipinski definition) is 7. The van der Waals surface area contributed by atoms with Crippen molar-refractivity contribution in [1.29, 1.82) is 0 Å². The van der Waals surface area contributed by atoms with Crippen LogP contribution >= 0.6 is 0 Å². The predicted molar refractivity (Wildman–Crippen MR) is 214 cm³/mol. The fourth-order valence-electron chi connectivity index (χ4n) is 6.86. The molecule has 3 amide bonds. The van der Waals surface area contributed by atoms with Gasteiger partial charge in [0.25, 0.3) is 0 Å². The maximum atomic E-state index is 13.9. The van der Waals surface area contributed by atoms with Crippen LogP contribution in [0.1, 0.15) is 73.6 Å². The summed E-state index contributed by atoms with van der Waals surface area (Å²) in [5.74, 6) is -1.93. The van der Waals surface area contributed by atoms with E-state index in [1.54, 1.807) is 11.0 Å². The van der Waals surface area contributed by atoms with Crippen molar-refractivity contribution in [1.82, 2.24) is 15.5 Å². The number of allylic oxidation sites excluding steroid dienone is 2. The minimum atomic E-state index is -0.703. The Morgan fingerprint density at radius 2 is 1.51 bits per heavy atom. The van der Waals surface area contributed by atoms with Gasteiger partial charge in [-0.1, -0.05) is 97.1 Å². The molecule has 1 aliphatic rings. The number of hydrogen-bond donors (Lipinski definition) is 3. The highest BCUT2D eigenvalue weighted by atomic mass is 16.5. The molecule has 3 aromatic carbocycles. The topological polar surface area (TPSA) is 134 Å². The van der Waals surface area contributed by atoms with E-state index in [0.717, 1.165) is 35.1 Å². The molecule has 1 aliphatic heterocycles. The summed E-state index contributed by atoms with van der Waals surface area (Å²) in [6.07, 6.45) is 8.18. The quantitative estimate of drug-likeness (QED) is 0.0548. The molecule has 0 saturated carbocycles. The Balaban J connectivity index is 1.38. The summed E-state index contributed by atoms with van der Waals surface area (Å²) < 4.78 is 11.2. The number of alkyl carbamates (subject to hydrolysis) is 1. The number of aliphatic hydroxyl groups is 1. The second-order valence-corrected chi connectivity index (χ2v) is 14.2. The summed E-state index contributed by atoms with van der Waals surface area (Å²) in [5, 5.41) is 16.0. The van der Waals surface area contributed by atoms with Gasteiger partial charge in [-0.2, -0.15) is 0 Å². The van der Waals surface area contributed by atoms with Crippen molar-refractivity contribution in [3.63, 3.8) is 0 Å². The molecular weight excluding hydrogens is 695 g/mol. The summed E-state index contributed by atoms with van der Waals surface area (Å²) in [6, 6.07) is 26.2. The third-order valence-electron chi connectivity index (χ3n) is 9.98. The minimum Gasteiger partial charge on any atom is -0.463 e. The smallest absolute Gasteiger partial charge is 0.407 e. The van der Waals surface area contributed by atoms with Gasteiger partial charge in [0.2, 0.25) is 11.8 Å². The molecular formula is C45H57N3O7. The van der Waals surface area contributed by atoms with Gasteiger partial charge in [-0.25, -0.2) is 4.79 Å². The molecule has 0 spiro atoms. The van der Waals surface area contributed by atoms with Crippen molar-refractivity contribution < 1.29 is 33.8 Å². The second-order valence-electron chi connectivity index (χ2n) is 14.2. The molecule has 4 atom stereocenters. The molecule has 0 fully saturated rings. The van der Waals surface area contributed by atoms with Gasteiger partial charge in [0, 0.05) is 19.5 Å². The number of nitrogens with one attached hydrogen (secondary N) is 2. The zero-order valence-corrected chi connectivity index (χ0v) is 31.9. The second kappa shape index (κ2) is 23.5. The van der Waals surface area contributed by atoms with E-state index < -0.39 is 18.1 Å². The number of carbonyl (C=O) groups excluding carboxylic acids is 4. The molecule has 0 bridgehead atoms. The first-order valence-electron chi connectivity index (χ1n) is 19.5. The summed E-state index contributed by atoms with van der Waals surface area (Å²) in [4.78, 5) is 55.0. The zero-order chi connectivity index (χ0) is 39.3. The van der Waals surface area contributed by atoms with Gasteiger partial charge < -0.3 is 30.1 Å². The molecule has 10 heteroatoms. The normalized spacial score (nSPS) is 15.1. The highest BCUT2D eigenvalue weighted by molar-refractivity contribution is 5.86. The molecule has 0 aromatic heterocycles. The Morgan fingerprint density at radius 1 is 0.818 bits per heavy atom. The van der Waals surface area contributed by atoms with E-state index >= 15 is 0 Å². The summed E-state index contributed by atoms with van der Waals surface area (Å²) in [6.45, 7) is 8.34. The van der Waals surface area contributed by atoms with Crippen LogP contribution in [0, 0.1) is 11.8 Å². The van der Waals surface area contributed by atoms with E-state index in [4.69, 9.17) is 9.47 Å². The molecule has 294 valence electrons. The summed E-state index contributed by atoms with van der Waals surface area (Å²) >= 11 is 0. The van der Waals surface area contributed by atoms with Crippen LogP contribution in [0.25, 0.3) is 0 Å². The number of fused-ring (bicyclic) bond motifs is 1. The first-order chi connectivity index (χ1) is 26.8. The van der Waals surface area contributed by atoms with Crippen molar-refractivity contribution in [2.45, 2.75) is 89.4 Å². The number of ether oxygens (including phenoxy) is 2. The molecule has 3 N–H and O–H groups in total. The standard InChI is InChI=1S/C45H57N3O7/c1-3-5-8-23-38(27-34-18-9-6-10-19-34)44(52)54-33-40(25-15-16-26-46-45(53)55-32-35-20-11-7-12-21-35)47-43(51)37(17-4-2)29-42(50)48-30-39-24-14-13-22-36(39)28-41(48)31-49/h3-4,6-7,9-14,18-22,24,37-38,40-41,49H,1-2,5,8,15-17,23,25-33H2,(H,46,53)(H,47,51)/t37-,38+,40-,41-/m0/s1. The molecule has 0 aliphatic carbocycles. The Morgan fingerprint density at radius 3 is 2.20 bits per heavy atom. The van der Waals surface area contributed by atoms with Gasteiger partial charge in [0.05, 0.1) is 30.5 Å². The van der Waals surface area contributed by atoms with Crippen LogP contribution in [-0.2, 0) is 49.9 Å². The summed E-state index contributed by atoms with van der Waals surface area (Å²) in [5.41, 5.74) is 4.07. The van der Waals surface area contributed by atoms with Gasteiger partial charge in [0.15, 0.2) is 0 Å². The number of aliphatic hydroxyl groups excluding tert-OH is 1. The SMILES string of the molecule is C=CCCC[C@H](Cc1ccccc1)C(=O)OC[C@H](CCCCNC(=O)OCc1ccccc1)NC(=O)[C@@H](CC=C)CC(=O)N1Cc2ccccc2C[C@H]1CO. The average Bonchev–Trinajstić information content (AvgIpc) is 3.21. The molecule has 1 heterocycles. The summed E-state index contributed by atoms with van der Waals surface area (Å²) in [7, 11) is 0. The van der Waals surface area contributed by atoms with E-state index in [2.05, 4.69) is 23.8 Å². The number of amides is 3. The number of carbonyl (C=O) groups is 4. The maximum Gasteiger partial charge on any atom is 0.407 e. The van der Waals surface area contributed by atoms with Crippen molar-refractivity contribution in [2.24, 2.45) is 11.8 Å². The van der Waals surface area contributed by atoms with Crippen LogP contribution in [0.3, 0.4) is 0 Å². The monoisotopic (exact) mass is 751 g/mol. The van der Waals surface area contributed by atoms with Gasteiger partial charge in [-0.3, -0.25) is 14.4 Å². The van der Waals surface area contributed by atoms with Crippen molar-refractivity contribution in [3.05, 3.63) is 132 Å². The number of unbranched alkanes of at least 4 members (excludes halogenated alkanes) is 2. The third-order valence-corrected chi connectivity index (χ3v) is 9.98. The van der Waals surface area contributed by atoms with E-state index in [1.807, 2.05) is 91.0 Å². The van der Waals surface area contributed by atoms with E-state index in [0.29, 0.717) is 51.6 Å².